The lowest BCUT2D eigenvalue weighted by molar-refractivity contribution is -0.384. The van der Waals surface area contributed by atoms with E-state index in [9.17, 15) is 28.1 Å². The van der Waals surface area contributed by atoms with Crippen LogP contribution in [0.25, 0.3) is 10.9 Å². The lowest BCUT2D eigenvalue weighted by Crippen LogP contribution is -2.46. The van der Waals surface area contributed by atoms with Crippen LogP contribution in [0.1, 0.15) is 16.8 Å². The van der Waals surface area contributed by atoms with Gasteiger partial charge in [-0.1, -0.05) is 18.7 Å². The van der Waals surface area contributed by atoms with E-state index in [2.05, 4.69) is 16.9 Å². The number of fused-ring (bicyclic) bond motifs is 1. The van der Waals surface area contributed by atoms with Crippen LogP contribution in [0.5, 0.6) is 0 Å². The summed E-state index contributed by atoms with van der Waals surface area (Å²) in [6, 6.07) is 7.91. The van der Waals surface area contributed by atoms with Crippen molar-refractivity contribution < 1.29 is 22.9 Å². The molecular formula is C28H29F3N6O3. The van der Waals surface area contributed by atoms with Gasteiger partial charge < -0.3 is 16.0 Å². The molecule has 0 saturated carbocycles. The van der Waals surface area contributed by atoms with Crippen LogP contribution in [0.15, 0.2) is 60.7 Å². The highest BCUT2D eigenvalue weighted by molar-refractivity contribution is 6.07. The number of alkyl halides is 3. The minimum Gasteiger partial charge on any atom is -0.398 e. The number of nitrogens with one attached hydrogen (secondary N) is 1. The van der Waals surface area contributed by atoms with Crippen molar-refractivity contribution in [3.8, 4) is 0 Å². The fraction of sp³-hybridized carbons (Fsp3) is 0.286. The summed E-state index contributed by atoms with van der Waals surface area (Å²) in [4.78, 5) is 31.9. The molecule has 12 heteroatoms. The molecule has 0 aliphatic carbocycles. The maximum absolute atomic E-state index is 13.0. The number of nitrogens with two attached hydrogens (primary N) is 1. The van der Waals surface area contributed by atoms with E-state index in [-0.39, 0.29) is 11.6 Å². The number of anilines is 3. The zero-order valence-corrected chi connectivity index (χ0v) is 22.1. The molecule has 3 N–H and O–H groups in total. The van der Waals surface area contributed by atoms with Gasteiger partial charge in [0.2, 0.25) is 0 Å². The lowest BCUT2D eigenvalue weighted by Gasteiger charge is -2.35. The predicted molar refractivity (Wildman–Crippen MR) is 149 cm³/mol. The van der Waals surface area contributed by atoms with Gasteiger partial charge in [-0.2, -0.15) is 13.2 Å². The first kappa shape index (κ1) is 28.6. The SMILES string of the molecule is C=CC(=CCN1CCN(c2ccc(C(F)(F)F)cc2[N+](=O)[O-])CC1)C(=O)Nc1ccc2nc(C)c(C)c(N)c2c1. The maximum atomic E-state index is 13.0. The molecule has 1 fully saturated rings. The van der Waals surface area contributed by atoms with Crippen LogP contribution in [-0.4, -0.2) is 53.4 Å². The van der Waals surface area contributed by atoms with Crippen LogP contribution in [0.4, 0.5) is 35.9 Å². The number of hydrogen-bond acceptors (Lipinski definition) is 7. The van der Waals surface area contributed by atoms with E-state index in [1.54, 1.807) is 29.2 Å². The lowest BCUT2D eigenvalue weighted by atomic mass is 10.1. The van der Waals surface area contributed by atoms with Crippen molar-refractivity contribution in [2.45, 2.75) is 20.0 Å². The summed E-state index contributed by atoms with van der Waals surface area (Å²) >= 11 is 0. The number of halogens is 3. The number of carbonyl (C=O) groups excluding carboxylic acids is 1. The van der Waals surface area contributed by atoms with Crippen molar-refractivity contribution in [2.75, 3.05) is 48.7 Å². The quantitative estimate of drug-likeness (QED) is 0.178. The normalized spacial score (nSPS) is 14.8. The number of aromatic nitrogens is 1. The van der Waals surface area contributed by atoms with Gasteiger partial charge in [0.15, 0.2) is 0 Å². The van der Waals surface area contributed by atoms with Crippen LogP contribution in [-0.2, 0) is 11.0 Å². The van der Waals surface area contributed by atoms with Crippen LogP contribution in [0.3, 0.4) is 0 Å². The number of rotatable bonds is 7. The molecular weight excluding hydrogens is 525 g/mol. The number of hydrogen-bond donors (Lipinski definition) is 2. The Morgan fingerprint density at radius 2 is 1.88 bits per heavy atom. The molecule has 9 nitrogen and oxygen atoms in total. The summed E-state index contributed by atoms with van der Waals surface area (Å²) in [7, 11) is 0. The molecule has 0 atom stereocenters. The molecule has 0 unspecified atom stereocenters. The van der Waals surface area contributed by atoms with Crippen LogP contribution >= 0.6 is 0 Å². The molecule has 4 rings (SSSR count). The fourth-order valence-electron chi connectivity index (χ4n) is 4.57. The summed E-state index contributed by atoms with van der Waals surface area (Å²) < 4.78 is 39.1. The summed E-state index contributed by atoms with van der Waals surface area (Å²) in [6.45, 7) is 9.70. The number of aryl methyl sites for hydroxylation is 1. The Bertz CT molecular complexity index is 1510. The maximum Gasteiger partial charge on any atom is 0.416 e. The third-order valence-corrected chi connectivity index (χ3v) is 7.04. The van der Waals surface area contributed by atoms with E-state index in [1.165, 1.54) is 6.08 Å². The van der Waals surface area contributed by atoms with Gasteiger partial charge in [-0.3, -0.25) is 24.8 Å². The second-order valence-corrected chi connectivity index (χ2v) is 9.53. The Hall–Kier alpha value is -4.45. The number of nitrogens with zero attached hydrogens (tertiary/aromatic N) is 4. The van der Waals surface area contributed by atoms with Gasteiger partial charge in [-0.25, -0.2) is 0 Å². The zero-order valence-electron chi connectivity index (χ0n) is 22.1. The van der Waals surface area contributed by atoms with E-state index in [4.69, 9.17) is 5.73 Å². The Morgan fingerprint density at radius 1 is 1.18 bits per heavy atom. The molecule has 1 amide bonds. The van der Waals surface area contributed by atoms with Crippen LogP contribution < -0.4 is 16.0 Å². The van der Waals surface area contributed by atoms with E-state index < -0.39 is 22.4 Å². The second kappa shape index (κ2) is 11.3. The Labute approximate surface area is 228 Å². The second-order valence-electron chi connectivity index (χ2n) is 9.53. The smallest absolute Gasteiger partial charge is 0.398 e. The molecule has 3 aromatic rings. The molecule has 40 heavy (non-hydrogen) atoms. The molecule has 1 aliphatic rings. The van der Waals surface area contributed by atoms with Crippen LogP contribution in [0, 0.1) is 24.0 Å². The molecule has 210 valence electrons. The number of benzene rings is 2. The number of carbonyl (C=O) groups is 1. The van der Waals surface area contributed by atoms with Crippen LogP contribution in [0.2, 0.25) is 0 Å². The average Bonchev–Trinajstić information content (AvgIpc) is 2.92. The number of amides is 1. The monoisotopic (exact) mass is 554 g/mol. The number of nitro groups is 1. The molecule has 0 spiro atoms. The van der Waals surface area contributed by atoms with Gasteiger partial charge in [0.25, 0.3) is 11.6 Å². The minimum atomic E-state index is -4.67. The topological polar surface area (TPSA) is 118 Å². The van der Waals surface area contributed by atoms with Crippen molar-refractivity contribution in [2.24, 2.45) is 0 Å². The summed E-state index contributed by atoms with van der Waals surface area (Å²) in [6.07, 6.45) is -1.47. The van der Waals surface area contributed by atoms with Crippen molar-refractivity contribution in [3.63, 3.8) is 0 Å². The van der Waals surface area contributed by atoms with Gasteiger partial charge in [0, 0.05) is 66.8 Å². The number of nitrogen functional groups attached to an aromatic ring is 1. The van der Waals surface area contributed by atoms with Gasteiger partial charge in [-0.05, 0) is 49.7 Å². The minimum absolute atomic E-state index is 0.149. The third-order valence-electron chi connectivity index (χ3n) is 7.04. The molecule has 1 saturated heterocycles. The summed E-state index contributed by atoms with van der Waals surface area (Å²) in [5.41, 5.74) is 8.78. The highest BCUT2D eigenvalue weighted by atomic mass is 19.4. The summed E-state index contributed by atoms with van der Waals surface area (Å²) in [5, 5.41) is 15.1. The summed E-state index contributed by atoms with van der Waals surface area (Å²) in [5.74, 6) is -0.344. The van der Waals surface area contributed by atoms with E-state index in [0.29, 0.717) is 55.7 Å². The highest BCUT2D eigenvalue weighted by Gasteiger charge is 2.34. The molecule has 2 aromatic carbocycles. The number of nitro benzene ring substituents is 1. The zero-order chi connectivity index (χ0) is 29.2. The Kier molecular flexibility index (Phi) is 8.10. The van der Waals surface area contributed by atoms with E-state index >= 15 is 0 Å². The average molecular weight is 555 g/mol. The third kappa shape index (κ3) is 6.07. The molecule has 2 heterocycles. The Balaban J connectivity index is 1.40. The van der Waals surface area contributed by atoms with Gasteiger partial charge in [0.1, 0.15) is 5.69 Å². The molecule has 0 bridgehead atoms. The molecule has 1 aliphatic heterocycles. The van der Waals surface area contributed by atoms with Crippen molar-refractivity contribution >= 4 is 39.6 Å². The first-order chi connectivity index (χ1) is 18.9. The van der Waals surface area contributed by atoms with E-state index in [1.807, 2.05) is 18.7 Å². The van der Waals surface area contributed by atoms with Crippen molar-refractivity contribution in [1.29, 1.82) is 0 Å². The van der Waals surface area contributed by atoms with Crippen molar-refractivity contribution in [1.82, 2.24) is 9.88 Å². The Morgan fingerprint density at radius 3 is 2.50 bits per heavy atom. The first-order valence-electron chi connectivity index (χ1n) is 12.5. The van der Waals surface area contributed by atoms with Crippen molar-refractivity contribution in [3.05, 3.63) is 87.6 Å². The van der Waals surface area contributed by atoms with Gasteiger partial charge in [0.05, 0.1) is 16.0 Å². The molecule has 1 aromatic heterocycles. The highest BCUT2D eigenvalue weighted by Crippen LogP contribution is 2.37. The molecule has 0 radical (unpaired) electrons. The largest absolute Gasteiger partial charge is 0.416 e. The first-order valence-corrected chi connectivity index (χ1v) is 12.5. The van der Waals surface area contributed by atoms with E-state index in [0.717, 1.165) is 34.3 Å². The van der Waals surface area contributed by atoms with Gasteiger partial charge >= 0.3 is 6.18 Å². The number of pyridine rings is 1. The van der Waals surface area contributed by atoms with Gasteiger partial charge in [-0.15, -0.1) is 0 Å². The number of piperazine rings is 1. The standard InChI is InChI=1S/C28H29F3N6O3/c1-4-19(27(38)34-21-6-7-23-22(16-21)26(32)17(2)18(3)33-23)9-10-35-11-13-36(14-12-35)24-8-5-20(28(29,30)31)15-25(24)37(39)40/h4-9,15-16H,1,10-14H2,2-3H3,(H2,32,33)(H,34,38). The fourth-order valence-corrected chi connectivity index (χ4v) is 4.57. The predicted octanol–water partition coefficient (Wildman–Crippen LogP) is 5.23.